The van der Waals surface area contributed by atoms with Gasteiger partial charge < -0.3 is 4.90 Å². The Morgan fingerprint density at radius 3 is 2.59 bits per heavy atom. The molecule has 0 radical (unpaired) electrons. The van der Waals surface area contributed by atoms with E-state index in [-0.39, 0.29) is 17.6 Å². The number of carbonyl (C=O) groups excluding carboxylic acids is 1. The van der Waals surface area contributed by atoms with Crippen LogP contribution in [0.4, 0.5) is 5.69 Å². The molecule has 1 atom stereocenters. The minimum atomic E-state index is -0.438. The molecule has 1 amide bonds. The van der Waals surface area contributed by atoms with Crippen molar-refractivity contribution in [3.05, 3.63) is 80.8 Å². The van der Waals surface area contributed by atoms with E-state index in [0.29, 0.717) is 11.3 Å². The molecule has 1 aromatic heterocycles. The number of benzene rings is 2. The Morgan fingerprint density at radius 1 is 1.22 bits per heavy atom. The number of nitrogens with zero attached hydrogens (tertiary/aromatic N) is 3. The fraction of sp³-hybridized carbons (Fsp3) is 0.200. The predicted octanol–water partition coefficient (Wildman–Crippen LogP) is 4.86. The number of aryl methyl sites for hydroxylation is 1. The highest BCUT2D eigenvalue weighted by Gasteiger charge is 2.22. The van der Waals surface area contributed by atoms with E-state index >= 15 is 0 Å². The van der Waals surface area contributed by atoms with E-state index in [4.69, 9.17) is 0 Å². The van der Waals surface area contributed by atoms with Crippen LogP contribution in [-0.4, -0.2) is 27.8 Å². The van der Waals surface area contributed by atoms with Gasteiger partial charge in [0.15, 0.2) is 0 Å². The van der Waals surface area contributed by atoms with Crippen molar-refractivity contribution in [3.8, 4) is 10.6 Å². The molecule has 0 saturated carbocycles. The summed E-state index contributed by atoms with van der Waals surface area (Å²) in [6, 6.07) is 14.0. The molecule has 1 unspecified atom stereocenters. The van der Waals surface area contributed by atoms with Gasteiger partial charge in [0, 0.05) is 30.1 Å². The van der Waals surface area contributed by atoms with Gasteiger partial charge in [-0.05, 0) is 19.4 Å². The smallest absolute Gasteiger partial charge is 0.273 e. The van der Waals surface area contributed by atoms with Crippen molar-refractivity contribution in [1.82, 2.24) is 9.88 Å². The van der Waals surface area contributed by atoms with Crippen molar-refractivity contribution < 1.29 is 9.72 Å². The quantitative estimate of drug-likeness (QED) is 0.467. The molecular weight excluding hydrogens is 362 g/mol. The molecular formula is C20H19N3O3S. The van der Waals surface area contributed by atoms with E-state index in [1.807, 2.05) is 38.1 Å². The van der Waals surface area contributed by atoms with Gasteiger partial charge in [-0.3, -0.25) is 14.9 Å². The molecule has 138 valence electrons. The van der Waals surface area contributed by atoms with Gasteiger partial charge in [0.05, 0.1) is 11.0 Å². The first-order chi connectivity index (χ1) is 12.9. The number of aromatic nitrogens is 1. The van der Waals surface area contributed by atoms with E-state index in [1.165, 1.54) is 23.5 Å². The van der Waals surface area contributed by atoms with Crippen molar-refractivity contribution in [1.29, 1.82) is 0 Å². The van der Waals surface area contributed by atoms with Crippen LogP contribution in [0.5, 0.6) is 0 Å². The van der Waals surface area contributed by atoms with Crippen LogP contribution in [0.15, 0.2) is 53.9 Å². The highest BCUT2D eigenvalue weighted by Crippen LogP contribution is 2.27. The highest BCUT2D eigenvalue weighted by molar-refractivity contribution is 7.13. The van der Waals surface area contributed by atoms with Gasteiger partial charge >= 0.3 is 0 Å². The van der Waals surface area contributed by atoms with Crippen molar-refractivity contribution in [2.45, 2.75) is 19.9 Å². The molecule has 0 fully saturated rings. The van der Waals surface area contributed by atoms with Crippen LogP contribution in [0, 0.1) is 17.0 Å². The number of hydrogen-bond acceptors (Lipinski definition) is 5. The zero-order valence-electron chi connectivity index (χ0n) is 15.2. The first-order valence-electron chi connectivity index (χ1n) is 8.41. The largest absolute Gasteiger partial charge is 0.334 e. The lowest BCUT2D eigenvalue weighted by atomic mass is 10.1. The summed E-state index contributed by atoms with van der Waals surface area (Å²) in [5, 5.41) is 13.5. The average Bonchev–Trinajstić information content (AvgIpc) is 3.17. The van der Waals surface area contributed by atoms with Crippen molar-refractivity contribution >= 4 is 22.9 Å². The number of hydrogen-bond donors (Lipinski definition) is 0. The molecule has 3 aromatic rings. The first-order valence-corrected chi connectivity index (χ1v) is 9.29. The van der Waals surface area contributed by atoms with Crippen molar-refractivity contribution in [2.75, 3.05) is 7.05 Å². The highest BCUT2D eigenvalue weighted by atomic mass is 32.1. The van der Waals surface area contributed by atoms with Crippen LogP contribution >= 0.6 is 11.3 Å². The lowest BCUT2D eigenvalue weighted by Crippen LogP contribution is -2.29. The summed E-state index contributed by atoms with van der Waals surface area (Å²) in [5.41, 5.74) is 3.22. The Kier molecular flexibility index (Phi) is 5.32. The first kappa shape index (κ1) is 18.7. The van der Waals surface area contributed by atoms with Crippen LogP contribution < -0.4 is 0 Å². The second kappa shape index (κ2) is 7.67. The van der Waals surface area contributed by atoms with E-state index in [0.717, 1.165) is 16.1 Å². The standard InChI is InChI=1S/C20H19N3O3S/c1-13-7-9-15(10-8-13)19-21-18(12-27-19)20(24)22(3)14(2)16-5-4-6-17(11-16)23(25)26/h4-12,14H,1-3H3. The molecule has 1 heterocycles. The number of thiazole rings is 1. The van der Waals surface area contributed by atoms with Gasteiger partial charge in [-0.1, -0.05) is 42.0 Å². The monoisotopic (exact) mass is 381 g/mol. The normalized spacial score (nSPS) is 11.8. The van der Waals surface area contributed by atoms with Gasteiger partial charge in [0.25, 0.3) is 11.6 Å². The van der Waals surface area contributed by atoms with E-state index in [9.17, 15) is 14.9 Å². The number of nitro groups is 1. The minimum absolute atomic E-state index is 0.00974. The molecule has 6 nitrogen and oxygen atoms in total. The summed E-state index contributed by atoms with van der Waals surface area (Å²) in [4.78, 5) is 29.4. The second-order valence-corrected chi connectivity index (χ2v) is 7.21. The minimum Gasteiger partial charge on any atom is -0.334 e. The summed E-state index contributed by atoms with van der Waals surface area (Å²) < 4.78 is 0. The van der Waals surface area contributed by atoms with Gasteiger partial charge in [-0.15, -0.1) is 11.3 Å². The number of non-ortho nitro benzene ring substituents is 1. The van der Waals surface area contributed by atoms with Gasteiger partial charge in [-0.2, -0.15) is 0 Å². The lowest BCUT2D eigenvalue weighted by Gasteiger charge is -2.24. The molecule has 7 heteroatoms. The van der Waals surface area contributed by atoms with Crippen LogP contribution in [0.1, 0.15) is 34.6 Å². The Labute approximate surface area is 161 Å². The predicted molar refractivity (Wildman–Crippen MR) is 106 cm³/mol. The Hall–Kier alpha value is -3.06. The number of carbonyl (C=O) groups is 1. The Balaban J connectivity index is 1.80. The van der Waals surface area contributed by atoms with Crippen LogP contribution in [0.25, 0.3) is 10.6 Å². The van der Waals surface area contributed by atoms with E-state index < -0.39 is 4.92 Å². The number of nitro benzene ring substituents is 1. The van der Waals surface area contributed by atoms with Crippen molar-refractivity contribution in [3.63, 3.8) is 0 Å². The fourth-order valence-corrected chi connectivity index (χ4v) is 3.48. The van der Waals surface area contributed by atoms with Gasteiger partial charge in [0.1, 0.15) is 10.7 Å². The Morgan fingerprint density at radius 2 is 1.93 bits per heavy atom. The maximum atomic E-state index is 12.8. The molecule has 0 N–H and O–H groups in total. The van der Waals surface area contributed by atoms with Crippen LogP contribution in [-0.2, 0) is 0 Å². The SMILES string of the molecule is Cc1ccc(-c2nc(C(=O)N(C)C(C)c3cccc([N+](=O)[O-])c3)cs2)cc1. The fourth-order valence-electron chi connectivity index (χ4n) is 2.68. The molecule has 0 aliphatic carbocycles. The van der Waals surface area contributed by atoms with E-state index in [1.54, 1.807) is 29.5 Å². The van der Waals surface area contributed by atoms with Crippen molar-refractivity contribution in [2.24, 2.45) is 0 Å². The van der Waals surface area contributed by atoms with Gasteiger partial charge in [0.2, 0.25) is 0 Å². The molecule has 27 heavy (non-hydrogen) atoms. The zero-order chi connectivity index (χ0) is 19.6. The van der Waals surface area contributed by atoms with Crippen LogP contribution in [0.2, 0.25) is 0 Å². The lowest BCUT2D eigenvalue weighted by molar-refractivity contribution is -0.384. The molecule has 2 aromatic carbocycles. The summed E-state index contributed by atoms with van der Waals surface area (Å²) in [5.74, 6) is -0.219. The molecule has 3 rings (SSSR count). The molecule has 0 saturated heterocycles. The number of rotatable bonds is 5. The summed E-state index contributed by atoms with van der Waals surface area (Å²) >= 11 is 1.42. The number of amides is 1. The van der Waals surface area contributed by atoms with Gasteiger partial charge in [-0.25, -0.2) is 4.98 Å². The zero-order valence-corrected chi connectivity index (χ0v) is 16.1. The summed E-state index contributed by atoms with van der Waals surface area (Å²) in [6.45, 7) is 3.86. The third-order valence-electron chi connectivity index (χ3n) is 4.49. The second-order valence-electron chi connectivity index (χ2n) is 6.35. The summed E-state index contributed by atoms with van der Waals surface area (Å²) in [7, 11) is 1.68. The maximum Gasteiger partial charge on any atom is 0.273 e. The molecule has 0 aliphatic heterocycles. The molecule has 0 aliphatic rings. The van der Waals surface area contributed by atoms with E-state index in [2.05, 4.69) is 4.98 Å². The summed E-state index contributed by atoms with van der Waals surface area (Å²) in [6.07, 6.45) is 0. The maximum absolute atomic E-state index is 12.8. The topological polar surface area (TPSA) is 76.3 Å². The average molecular weight is 381 g/mol. The third-order valence-corrected chi connectivity index (χ3v) is 5.38. The van der Waals surface area contributed by atoms with Crippen LogP contribution in [0.3, 0.4) is 0 Å². The Bertz CT molecular complexity index is 982. The molecule has 0 spiro atoms. The molecule has 0 bridgehead atoms. The third kappa shape index (κ3) is 4.03.